The lowest BCUT2D eigenvalue weighted by Crippen LogP contribution is -2.61. The number of aromatic nitrogens is 3. The summed E-state index contributed by atoms with van der Waals surface area (Å²) < 4.78 is 54.5. The van der Waals surface area contributed by atoms with E-state index < -0.39 is 70.9 Å². The molecule has 0 spiro atoms. The summed E-state index contributed by atoms with van der Waals surface area (Å²) >= 11 is 1.08. The highest BCUT2D eigenvalue weighted by Gasteiger charge is 2.52. The van der Waals surface area contributed by atoms with Crippen molar-refractivity contribution in [1.29, 1.82) is 0 Å². The molecule has 2 aliphatic heterocycles. The van der Waals surface area contributed by atoms with Crippen molar-refractivity contribution < 1.29 is 47.9 Å². The third-order valence-corrected chi connectivity index (χ3v) is 10.7. The Kier molecular flexibility index (Phi) is 10.8. The number of nitrogens with zero attached hydrogens (tertiary/aromatic N) is 5. The highest BCUT2D eigenvalue weighted by Crippen LogP contribution is 2.44. The third kappa shape index (κ3) is 7.16. The van der Waals surface area contributed by atoms with Gasteiger partial charge in [-0.3, -0.25) is 4.90 Å². The number of ether oxygens (including phenoxy) is 2. The number of aliphatic hydroxyl groups is 4. The van der Waals surface area contributed by atoms with Gasteiger partial charge in [0.05, 0.1) is 23.7 Å². The molecule has 3 fully saturated rings. The molecule has 0 bridgehead atoms. The van der Waals surface area contributed by atoms with Crippen LogP contribution in [0.3, 0.4) is 0 Å². The first kappa shape index (κ1) is 34.8. The first-order valence-corrected chi connectivity index (χ1v) is 16.2. The van der Waals surface area contributed by atoms with Crippen LogP contribution in [0.4, 0.5) is 18.0 Å². The number of urea groups is 1. The molecule has 2 aromatic rings. The molecule has 3 heterocycles. The normalized spacial score (nSPS) is 27.9. The summed E-state index contributed by atoms with van der Waals surface area (Å²) in [6, 6.07) is 0.500. The minimum absolute atomic E-state index is 0.0132. The predicted molar refractivity (Wildman–Crippen MR) is 160 cm³/mol. The molecule has 1 aromatic carbocycles. The van der Waals surface area contributed by atoms with Crippen LogP contribution in [0.2, 0.25) is 0 Å². The van der Waals surface area contributed by atoms with Gasteiger partial charge in [-0.1, -0.05) is 12.1 Å². The molecule has 0 radical (unpaired) electrons. The van der Waals surface area contributed by atoms with E-state index in [0.717, 1.165) is 36.7 Å². The fraction of sp³-hybridized carbons (Fsp3) is 0.690. The zero-order chi connectivity index (χ0) is 33.3. The Labute approximate surface area is 268 Å². The van der Waals surface area contributed by atoms with Crippen molar-refractivity contribution in [2.45, 2.75) is 85.5 Å². The lowest BCUT2D eigenvalue weighted by molar-refractivity contribution is -0.187. The smallest absolute Gasteiger partial charge is 0.317 e. The summed E-state index contributed by atoms with van der Waals surface area (Å²) in [4.78, 5) is 16.0. The van der Waals surface area contributed by atoms with Crippen LogP contribution in [0.1, 0.15) is 38.6 Å². The minimum Gasteiger partial charge on any atom is -0.394 e. The van der Waals surface area contributed by atoms with Gasteiger partial charge in [0, 0.05) is 31.8 Å². The van der Waals surface area contributed by atoms with E-state index in [4.69, 9.17) is 9.47 Å². The van der Waals surface area contributed by atoms with Crippen LogP contribution >= 0.6 is 11.8 Å². The number of rotatable bonds is 11. The number of nitrogens with one attached hydrogen (secondary N) is 1. The number of methoxy groups -OCH3 is 1. The lowest BCUT2D eigenvalue weighted by atomic mass is 9.86. The molecule has 1 aromatic heterocycles. The van der Waals surface area contributed by atoms with Gasteiger partial charge >= 0.3 is 6.03 Å². The number of halogens is 3. The first-order valence-electron chi connectivity index (χ1n) is 15.3. The van der Waals surface area contributed by atoms with E-state index in [1.165, 1.54) is 18.0 Å². The molecule has 46 heavy (non-hydrogen) atoms. The molecule has 1 saturated carbocycles. The van der Waals surface area contributed by atoms with Gasteiger partial charge in [0.2, 0.25) is 0 Å². The van der Waals surface area contributed by atoms with Crippen LogP contribution in [0, 0.1) is 17.5 Å². The quantitative estimate of drug-likeness (QED) is 0.171. The van der Waals surface area contributed by atoms with E-state index in [1.807, 2.05) is 6.92 Å². The summed E-state index contributed by atoms with van der Waals surface area (Å²) in [5.74, 6) is -4.44. The number of likely N-dealkylation sites (tertiary alicyclic amines) is 1. The fourth-order valence-corrected chi connectivity index (χ4v) is 7.65. The number of thioether (sulfide) groups is 1. The van der Waals surface area contributed by atoms with Gasteiger partial charge in [-0.25, -0.2) is 22.6 Å². The molecule has 17 heteroatoms. The van der Waals surface area contributed by atoms with E-state index in [9.17, 15) is 38.4 Å². The maximum absolute atomic E-state index is 13.9. The Balaban J connectivity index is 1.41. The zero-order valence-corrected chi connectivity index (χ0v) is 26.6. The molecule has 2 amide bonds. The fourth-order valence-electron chi connectivity index (χ4n) is 5.89. The molecule has 1 aliphatic carbocycles. The van der Waals surface area contributed by atoms with Crippen molar-refractivity contribution >= 4 is 17.8 Å². The second kappa shape index (κ2) is 14.3. The lowest BCUT2D eigenvalue weighted by Gasteiger charge is -2.49. The van der Waals surface area contributed by atoms with Crippen LogP contribution < -0.4 is 5.32 Å². The molecule has 13 nitrogen and oxygen atoms in total. The van der Waals surface area contributed by atoms with Crippen LogP contribution in [-0.4, -0.2) is 139 Å². The van der Waals surface area contributed by atoms with Gasteiger partial charge in [-0.05, 0) is 51.4 Å². The van der Waals surface area contributed by atoms with Crippen molar-refractivity contribution in [3.8, 4) is 11.3 Å². The predicted octanol–water partition coefficient (Wildman–Crippen LogP) is 1.07. The van der Waals surface area contributed by atoms with Crippen molar-refractivity contribution in [3.05, 3.63) is 35.8 Å². The van der Waals surface area contributed by atoms with Gasteiger partial charge in [-0.2, -0.15) is 0 Å². The van der Waals surface area contributed by atoms with Gasteiger partial charge in [0.15, 0.2) is 17.5 Å². The second-order valence-corrected chi connectivity index (χ2v) is 13.3. The summed E-state index contributed by atoms with van der Waals surface area (Å²) in [7, 11) is 3.08. The van der Waals surface area contributed by atoms with Crippen LogP contribution in [0.5, 0.6) is 0 Å². The summed E-state index contributed by atoms with van der Waals surface area (Å²) in [5, 5.41) is 54.9. The van der Waals surface area contributed by atoms with Gasteiger partial charge < -0.3 is 40.1 Å². The summed E-state index contributed by atoms with van der Waals surface area (Å²) in [5.41, 5.74) is -2.52. The molecule has 2 saturated heterocycles. The first-order chi connectivity index (χ1) is 21.9. The Morgan fingerprint density at radius 3 is 2.48 bits per heavy atom. The number of amides is 2. The number of benzene rings is 1. The second-order valence-electron chi connectivity index (χ2n) is 12.1. The van der Waals surface area contributed by atoms with Gasteiger partial charge in [-0.15, -0.1) is 16.9 Å². The number of aliphatic hydroxyl groups excluding tert-OH is 3. The molecule has 5 N–H and O–H groups in total. The van der Waals surface area contributed by atoms with Crippen molar-refractivity contribution in [2.24, 2.45) is 0 Å². The Morgan fingerprint density at radius 1 is 1.26 bits per heavy atom. The number of carbonyl (C=O) groups excluding carboxylic acids is 1. The average Bonchev–Trinajstić information content (AvgIpc) is 3.73. The van der Waals surface area contributed by atoms with E-state index in [1.54, 1.807) is 16.8 Å². The Morgan fingerprint density at radius 2 is 1.91 bits per heavy atom. The minimum atomic E-state index is -1.62. The maximum Gasteiger partial charge on any atom is 0.317 e. The molecule has 1 unspecified atom stereocenters. The van der Waals surface area contributed by atoms with Gasteiger partial charge in [0.1, 0.15) is 41.7 Å². The summed E-state index contributed by atoms with van der Waals surface area (Å²) in [6.45, 7) is 2.24. The zero-order valence-electron chi connectivity index (χ0n) is 25.8. The molecule has 5 rings (SSSR count). The van der Waals surface area contributed by atoms with Crippen LogP contribution in [0.15, 0.2) is 18.3 Å². The number of hydrogen-bond donors (Lipinski definition) is 5. The Hall–Kier alpha value is -2.51. The highest BCUT2D eigenvalue weighted by molar-refractivity contribution is 8.00. The van der Waals surface area contributed by atoms with E-state index in [-0.39, 0.29) is 49.3 Å². The van der Waals surface area contributed by atoms with E-state index in [0.29, 0.717) is 6.54 Å². The third-order valence-electron chi connectivity index (χ3n) is 9.05. The van der Waals surface area contributed by atoms with E-state index in [2.05, 4.69) is 15.6 Å². The Bertz CT molecular complexity index is 1340. The number of hydrogen-bond acceptors (Lipinski definition) is 11. The number of carbonyl (C=O) groups is 1. The topological polar surface area (TPSA) is 166 Å². The number of piperidine rings is 1. The summed E-state index contributed by atoms with van der Waals surface area (Å²) in [6.07, 6.45) is -1.13. The maximum atomic E-state index is 13.9. The average molecular weight is 675 g/mol. The highest BCUT2D eigenvalue weighted by atomic mass is 32.2. The van der Waals surface area contributed by atoms with Crippen molar-refractivity contribution in [2.75, 3.05) is 40.4 Å². The van der Waals surface area contributed by atoms with Crippen LogP contribution in [-0.2, 0) is 9.47 Å². The molecule has 256 valence electrons. The van der Waals surface area contributed by atoms with Crippen molar-refractivity contribution in [1.82, 2.24) is 30.1 Å². The largest absolute Gasteiger partial charge is 0.394 e. The standard InChI is InChI=1S/C29H41F3N6O7S/c1-4-36(2)26(41)25(29(43)7-9-37(10-8-29)28(42)33-16-5-6-16)46-27-24(44-3)22(23(40)20(14-39)45-27)38-13-19(34-35-38)15-11-17(30)21(32)18(31)12-15/h11-13,16,20,22-27,39-41,43H,4-10,14H2,1-3H3,(H,33,42)/t20-,22+,23+,24-,25?,26+,27+/m1/s1. The SMILES string of the molecule is CCN(C)[C@@H](O)C(S[C@@H]1O[C@H](CO)[C@H](O)[C@H](n2cc(-c3cc(F)c(F)c(F)c3)nn2)[C@H]1OC)C1(O)CCN(C(=O)NC2CC2)CC1. The molecule has 3 aliphatic rings. The molecular formula is C29H41F3N6O7S. The van der Waals surface area contributed by atoms with Gasteiger partial charge in [0.25, 0.3) is 0 Å². The molecule has 7 atom stereocenters. The van der Waals surface area contributed by atoms with Crippen molar-refractivity contribution in [3.63, 3.8) is 0 Å². The molecular weight excluding hydrogens is 633 g/mol. The monoisotopic (exact) mass is 674 g/mol. The van der Waals surface area contributed by atoms with Crippen LogP contribution in [0.25, 0.3) is 11.3 Å². The van der Waals surface area contributed by atoms with E-state index >= 15 is 0 Å².